The molecule has 56 heavy (non-hydrogen) atoms. The van der Waals surface area contributed by atoms with Crippen molar-refractivity contribution in [3.05, 3.63) is 48.6 Å². The summed E-state index contributed by atoms with van der Waals surface area (Å²) in [4.78, 5) is 12.8. The van der Waals surface area contributed by atoms with E-state index in [0.29, 0.717) is 13.0 Å². The van der Waals surface area contributed by atoms with Gasteiger partial charge in [0.05, 0.1) is 19.8 Å². The van der Waals surface area contributed by atoms with E-state index in [9.17, 15) is 25.2 Å². The smallest absolute Gasteiger partial charge is 0.306 e. The van der Waals surface area contributed by atoms with Crippen LogP contribution >= 0.6 is 0 Å². The van der Waals surface area contributed by atoms with Crippen molar-refractivity contribution in [3.8, 4) is 0 Å². The third kappa shape index (κ3) is 29.4. The second-order valence-corrected chi connectivity index (χ2v) is 15.5. The molecule has 326 valence electrons. The number of carbonyl (C=O) groups is 1. The van der Waals surface area contributed by atoms with E-state index >= 15 is 0 Å². The minimum absolute atomic E-state index is 0.122. The zero-order valence-corrected chi connectivity index (χ0v) is 35.6. The first-order chi connectivity index (χ1) is 27.4. The Hall–Kier alpha value is -1.85. The van der Waals surface area contributed by atoms with E-state index in [-0.39, 0.29) is 19.2 Å². The van der Waals surface area contributed by atoms with Gasteiger partial charge in [-0.2, -0.15) is 0 Å². The number of carbonyl (C=O) groups excluding carboxylic acids is 1. The molecule has 0 aliphatic carbocycles. The van der Waals surface area contributed by atoms with Gasteiger partial charge in [-0.15, -0.1) is 0 Å². The summed E-state index contributed by atoms with van der Waals surface area (Å²) in [6.07, 6.45) is 39.9. The van der Waals surface area contributed by atoms with E-state index in [4.69, 9.17) is 18.9 Å². The Labute approximate surface area is 342 Å². The molecule has 6 atom stereocenters. The topological polar surface area (TPSA) is 135 Å². The number of hydrogen-bond acceptors (Lipinski definition) is 9. The molecule has 0 aromatic carbocycles. The van der Waals surface area contributed by atoms with Crippen LogP contribution in [0.3, 0.4) is 0 Å². The zero-order valence-electron chi connectivity index (χ0n) is 35.6. The molecule has 0 radical (unpaired) electrons. The SMILES string of the molecule is CCCCC/C=C\C/C=C\CCCCCCCCCCOCC(COC1OC(CO)C(O)C(O)C1O)OC(=O)CCCCCCC/C=C\C/C=C\CCCCC. The molecule has 9 nitrogen and oxygen atoms in total. The molecule has 1 fully saturated rings. The third-order valence-electron chi connectivity index (χ3n) is 10.2. The van der Waals surface area contributed by atoms with Gasteiger partial charge in [-0.05, 0) is 77.0 Å². The minimum Gasteiger partial charge on any atom is -0.457 e. The summed E-state index contributed by atoms with van der Waals surface area (Å²) in [5.41, 5.74) is 0. The summed E-state index contributed by atoms with van der Waals surface area (Å²) >= 11 is 0. The monoisotopic (exact) mass is 793 g/mol. The van der Waals surface area contributed by atoms with Gasteiger partial charge >= 0.3 is 5.97 Å². The number of unbranched alkanes of at least 4 members (excludes halogenated alkanes) is 19. The molecule has 0 bridgehead atoms. The summed E-state index contributed by atoms with van der Waals surface area (Å²) in [5, 5.41) is 40.1. The van der Waals surface area contributed by atoms with Crippen molar-refractivity contribution in [1.29, 1.82) is 0 Å². The van der Waals surface area contributed by atoms with Crippen molar-refractivity contribution >= 4 is 5.97 Å². The molecule has 1 aliphatic heterocycles. The average molecular weight is 793 g/mol. The van der Waals surface area contributed by atoms with Crippen LogP contribution < -0.4 is 0 Å². The Morgan fingerprint density at radius 2 is 1.04 bits per heavy atom. The summed E-state index contributed by atoms with van der Waals surface area (Å²) < 4.78 is 22.8. The normalized spacial score (nSPS) is 21.0. The summed E-state index contributed by atoms with van der Waals surface area (Å²) in [5.74, 6) is -0.331. The Balaban J connectivity index is 2.28. The first-order valence-corrected chi connectivity index (χ1v) is 22.7. The van der Waals surface area contributed by atoms with Gasteiger partial charge < -0.3 is 39.4 Å². The van der Waals surface area contributed by atoms with E-state index in [1.165, 1.54) is 96.3 Å². The second-order valence-electron chi connectivity index (χ2n) is 15.5. The largest absolute Gasteiger partial charge is 0.457 e. The molecule has 0 aromatic rings. The van der Waals surface area contributed by atoms with Crippen molar-refractivity contribution in [3.63, 3.8) is 0 Å². The number of ether oxygens (including phenoxy) is 4. The van der Waals surface area contributed by atoms with Crippen molar-refractivity contribution in [1.82, 2.24) is 0 Å². The Morgan fingerprint density at radius 1 is 0.571 bits per heavy atom. The van der Waals surface area contributed by atoms with Gasteiger partial charge in [0.15, 0.2) is 6.29 Å². The standard InChI is InChI=1S/C47H84O9/c1-3-5-7-9-11-13-15-17-19-20-21-23-25-27-29-31-33-35-37-53-39-41(40-54-47-46(52)45(51)44(50)42(38-48)56-47)55-43(49)36-34-32-30-28-26-24-22-18-16-14-12-10-8-6-4-2/h11-14,17-19,22,41-42,44-48,50-52H,3-10,15-16,20-21,23-40H2,1-2H3/b13-11-,14-12-,19-17-,22-18-. The highest BCUT2D eigenvalue weighted by atomic mass is 16.7. The highest BCUT2D eigenvalue weighted by Gasteiger charge is 2.44. The van der Waals surface area contributed by atoms with Crippen LogP contribution in [0.2, 0.25) is 0 Å². The lowest BCUT2D eigenvalue weighted by atomic mass is 9.99. The average Bonchev–Trinajstić information content (AvgIpc) is 3.20. The molecular weight excluding hydrogens is 709 g/mol. The summed E-state index contributed by atoms with van der Waals surface area (Å²) in [6, 6.07) is 0. The molecule has 9 heteroatoms. The van der Waals surface area contributed by atoms with Gasteiger partial charge in [0.2, 0.25) is 0 Å². The number of esters is 1. The lowest BCUT2D eigenvalue weighted by molar-refractivity contribution is -0.305. The molecule has 0 amide bonds. The number of aliphatic hydroxyl groups excluding tert-OH is 4. The zero-order chi connectivity index (χ0) is 40.7. The van der Waals surface area contributed by atoms with Crippen molar-refractivity contribution in [2.75, 3.05) is 26.4 Å². The van der Waals surface area contributed by atoms with E-state index in [2.05, 4.69) is 62.5 Å². The number of hydrogen-bond donors (Lipinski definition) is 4. The van der Waals surface area contributed by atoms with Crippen LogP contribution in [0.5, 0.6) is 0 Å². The lowest BCUT2D eigenvalue weighted by Crippen LogP contribution is -2.59. The van der Waals surface area contributed by atoms with Crippen LogP contribution in [0.15, 0.2) is 48.6 Å². The van der Waals surface area contributed by atoms with Crippen molar-refractivity contribution in [2.45, 2.75) is 218 Å². The Bertz CT molecular complexity index is 994. The van der Waals surface area contributed by atoms with Gasteiger partial charge in [0.25, 0.3) is 0 Å². The fraction of sp³-hybridized carbons (Fsp3) is 0.809. The summed E-state index contributed by atoms with van der Waals surface area (Å²) in [6.45, 7) is 4.47. The molecule has 0 saturated carbocycles. The molecule has 1 heterocycles. The van der Waals surface area contributed by atoms with Crippen LogP contribution in [0, 0.1) is 0 Å². The van der Waals surface area contributed by atoms with Crippen LogP contribution in [-0.4, -0.2) is 89.6 Å². The van der Waals surface area contributed by atoms with Crippen LogP contribution in [0.4, 0.5) is 0 Å². The molecule has 4 N–H and O–H groups in total. The van der Waals surface area contributed by atoms with Gasteiger partial charge in [0.1, 0.15) is 30.5 Å². The second kappa shape index (κ2) is 38.7. The van der Waals surface area contributed by atoms with Gasteiger partial charge in [-0.25, -0.2) is 0 Å². The van der Waals surface area contributed by atoms with E-state index in [0.717, 1.165) is 64.2 Å². The van der Waals surface area contributed by atoms with Gasteiger partial charge in [-0.1, -0.05) is 146 Å². The molecule has 6 unspecified atom stereocenters. The molecule has 1 aliphatic rings. The van der Waals surface area contributed by atoms with Crippen LogP contribution in [-0.2, 0) is 23.7 Å². The van der Waals surface area contributed by atoms with E-state index in [1.807, 2.05) is 0 Å². The lowest BCUT2D eigenvalue weighted by Gasteiger charge is -2.39. The molecule has 0 aromatic heterocycles. The highest BCUT2D eigenvalue weighted by Crippen LogP contribution is 2.22. The van der Waals surface area contributed by atoms with Gasteiger partial charge in [-0.3, -0.25) is 4.79 Å². The quantitative estimate of drug-likeness (QED) is 0.0274. The highest BCUT2D eigenvalue weighted by molar-refractivity contribution is 5.69. The maximum atomic E-state index is 12.8. The predicted octanol–water partition coefficient (Wildman–Crippen LogP) is 10.1. The maximum Gasteiger partial charge on any atom is 0.306 e. The van der Waals surface area contributed by atoms with Crippen LogP contribution in [0.25, 0.3) is 0 Å². The number of aliphatic hydroxyl groups is 4. The van der Waals surface area contributed by atoms with E-state index < -0.39 is 43.4 Å². The van der Waals surface area contributed by atoms with E-state index in [1.54, 1.807) is 0 Å². The first-order valence-electron chi connectivity index (χ1n) is 22.7. The maximum absolute atomic E-state index is 12.8. The Kier molecular flexibility index (Phi) is 36.0. The fourth-order valence-corrected chi connectivity index (χ4v) is 6.61. The molecular formula is C47H84O9. The molecule has 0 spiro atoms. The minimum atomic E-state index is -1.54. The molecule has 1 rings (SSSR count). The third-order valence-corrected chi connectivity index (χ3v) is 10.2. The first kappa shape index (κ1) is 52.2. The predicted molar refractivity (Wildman–Crippen MR) is 228 cm³/mol. The van der Waals surface area contributed by atoms with Crippen molar-refractivity contribution < 1.29 is 44.2 Å². The summed E-state index contributed by atoms with van der Waals surface area (Å²) in [7, 11) is 0. The van der Waals surface area contributed by atoms with Gasteiger partial charge in [0, 0.05) is 13.0 Å². The number of rotatable bonds is 38. The fourth-order valence-electron chi connectivity index (χ4n) is 6.61. The van der Waals surface area contributed by atoms with Crippen molar-refractivity contribution in [2.24, 2.45) is 0 Å². The number of allylic oxidation sites excluding steroid dienone is 8. The van der Waals surface area contributed by atoms with Crippen LogP contribution in [0.1, 0.15) is 181 Å². The Morgan fingerprint density at radius 3 is 1.54 bits per heavy atom. The molecule has 1 saturated heterocycles.